The van der Waals surface area contributed by atoms with Gasteiger partial charge in [-0.1, -0.05) is 0 Å². The molecule has 0 radical (unpaired) electrons. The molecule has 0 spiro atoms. The standard InChI is InChI=1S/C23H40N4O6/c1-18(28)15-24-7-9-25(16-19(2)29)11-13-27(22(21(4)31)5-6-23(32)33)14-12-26(10-8-24)17-20(3)30/h22H,5-17H2,1-4H3,(H,32,33). The molecule has 1 aliphatic rings. The molecule has 1 unspecified atom stereocenters. The monoisotopic (exact) mass is 468 g/mol. The van der Waals surface area contributed by atoms with Crippen LogP contribution in [0.25, 0.3) is 0 Å². The van der Waals surface area contributed by atoms with Gasteiger partial charge < -0.3 is 5.11 Å². The van der Waals surface area contributed by atoms with Gasteiger partial charge in [-0.05, 0) is 34.1 Å². The Morgan fingerprint density at radius 3 is 1.24 bits per heavy atom. The molecule has 33 heavy (non-hydrogen) atoms. The van der Waals surface area contributed by atoms with Crippen molar-refractivity contribution in [1.29, 1.82) is 0 Å². The van der Waals surface area contributed by atoms with Crippen molar-refractivity contribution in [3.63, 3.8) is 0 Å². The predicted octanol–water partition coefficient (Wildman–Crippen LogP) is -0.203. The van der Waals surface area contributed by atoms with Crippen LogP contribution in [0.3, 0.4) is 0 Å². The molecular weight excluding hydrogens is 428 g/mol. The first-order valence-electron chi connectivity index (χ1n) is 11.6. The first-order valence-corrected chi connectivity index (χ1v) is 11.6. The molecule has 0 bridgehead atoms. The van der Waals surface area contributed by atoms with Crippen LogP contribution >= 0.6 is 0 Å². The Labute approximate surface area is 196 Å². The average Bonchev–Trinajstić information content (AvgIpc) is 2.67. The topological polar surface area (TPSA) is 119 Å². The van der Waals surface area contributed by atoms with E-state index in [2.05, 4.69) is 0 Å². The van der Waals surface area contributed by atoms with Gasteiger partial charge in [-0.15, -0.1) is 0 Å². The van der Waals surface area contributed by atoms with E-state index in [0.717, 1.165) is 0 Å². The molecule has 1 fully saturated rings. The van der Waals surface area contributed by atoms with Gasteiger partial charge in [0.1, 0.15) is 23.1 Å². The summed E-state index contributed by atoms with van der Waals surface area (Å²) < 4.78 is 0. The summed E-state index contributed by atoms with van der Waals surface area (Å²) in [5.74, 6) is -0.904. The van der Waals surface area contributed by atoms with E-state index in [1.165, 1.54) is 20.8 Å². The lowest BCUT2D eigenvalue weighted by atomic mass is 10.1. The molecule has 0 aromatic heterocycles. The van der Waals surface area contributed by atoms with Crippen LogP contribution in [-0.2, 0) is 24.0 Å². The molecule has 10 nitrogen and oxygen atoms in total. The van der Waals surface area contributed by atoms with Gasteiger partial charge in [0, 0.05) is 58.8 Å². The lowest BCUT2D eigenvalue weighted by Crippen LogP contribution is -2.51. The molecule has 0 amide bonds. The van der Waals surface area contributed by atoms with Crippen molar-refractivity contribution in [2.75, 3.05) is 72.0 Å². The first kappa shape index (κ1) is 29.0. The van der Waals surface area contributed by atoms with E-state index in [4.69, 9.17) is 5.11 Å². The summed E-state index contributed by atoms with van der Waals surface area (Å²) in [6, 6.07) is -0.531. The van der Waals surface area contributed by atoms with Crippen molar-refractivity contribution in [2.24, 2.45) is 0 Å². The fourth-order valence-corrected chi connectivity index (χ4v) is 4.19. The summed E-state index contributed by atoms with van der Waals surface area (Å²) in [6.07, 6.45) is 0.117. The van der Waals surface area contributed by atoms with Gasteiger partial charge in [0.15, 0.2) is 0 Å². The van der Waals surface area contributed by atoms with Crippen LogP contribution in [-0.4, -0.2) is 132 Å². The van der Waals surface area contributed by atoms with Crippen molar-refractivity contribution < 1.29 is 29.1 Å². The van der Waals surface area contributed by atoms with Crippen LogP contribution in [0.4, 0.5) is 0 Å². The number of carboxylic acids is 1. The van der Waals surface area contributed by atoms with E-state index >= 15 is 0 Å². The Kier molecular flexibility index (Phi) is 13.2. The number of nitrogens with zero attached hydrogens (tertiary/aromatic N) is 4. The number of carbonyl (C=O) groups excluding carboxylic acids is 4. The second-order valence-electron chi connectivity index (χ2n) is 9.03. The zero-order valence-electron chi connectivity index (χ0n) is 20.5. The summed E-state index contributed by atoms with van der Waals surface area (Å²) >= 11 is 0. The van der Waals surface area contributed by atoms with Gasteiger partial charge in [0.05, 0.1) is 25.7 Å². The number of rotatable bonds is 11. The molecule has 0 aromatic rings. The van der Waals surface area contributed by atoms with Crippen LogP contribution in [0, 0.1) is 0 Å². The number of hydrogen-bond donors (Lipinski definition) is 1. The third kappa shape index (κ3) is 12.7. The third-order valence-electron chi connectivity index (χ3n) is 5.75. The SMILES string of the molecule is CC(=O)CN1CCN(CC(C)=O)CCN(C(CCC(=O)O)C(C)=O)CCN(CC(C)=O)CC1. The van der Waals surface area contributed by atoms with Gasteiger partial charge in [0.2, 0.25) is 0 Å². The van der Waals surface area contributed by atoms with Crippen LogP contribution in [0.1, 0.15) is 40.5 Å². The van der Waals surface area contributed by atoms with Crippen molar-refractivity contribution in [3.05, 3.63) is 0 Å². The highest BCUT2D eigenvalue weighted by Gasteiger charge is 2.26. The fourth-order valence-electron chi connectivity index (χ4n) is 4.19. The highest BCUT2D eigenvalue weighted by molar-refractivity contribution is 5.82. The molecule has 188 valence electrons. The normalized spacial score (nSPS) is 19.3. The number of carboxylic acid groups (broad SMARTS) is 1. The second kappa shape index (κ2) is 15.0. The smallest absolute Gasteiger partial charge is 0.303 e. The summed E-state index contributed by atoms with van der Waals surface area (Å²) in [5, 5.41) is 9.11. The molecule has 0 aromatic carbocycles. The molecule has 0 saturated carbocycles. The molecule has 1 atom stereocenters. The summed E-state index contributed by atoms with van der Waals surface area (Å²) in [5.41, 5.74) is 0. The van der Waals surface area contributed by atoms with Gasteiger partial charge in [-0.3, -0.25) is 43.6 Å². The first-order chi connectivity index (χ1) is 15.5. The van der Waals surface area contributed by atoms with Crippen molar-refractivity contribution in [1.82, 2.24) is 19.6 Å². The fraction of sp³-hybridized carbons (Fsp3) is 0.783. The third-order valence-corrected chi connectivity index (χ3v) is 5.75. The second-order valence-corrected chi connectivity index (χ2v) is 9.03. The molecule has 1 saturated heterocycles. The summed E-state index contributed by atoms with van der Waals surface area (Å²) in [7, 11) is 0. The number of aliphatic carboxylic acids is 1. The predicted molar refractivity (Wildman–Crippen MR) is 124 cm³/mol. The van der Waals surface area contributed by atoms with Crippen molar-refractivity contribution in [2.45, 2.75) is 46.6 Å². The molecule has 1 rings (SSSR count). The van der Waals surface area contributed by atoms with Gasteiger partial charge in [0.25, 0.3) is 0 Å². The van der Waals surface area contributed by atoms with E-state index in [-0.39, 0.29) is 49.1 Å². The maximum atomic E-state index is 12.4. The Balaban J connectivity index is 3.11. The molecular formula is C23H40N4O6. The lowest BCUT2D eigenvalue weighted by Gasteiger charge is -2.36. The zero-order valence-corrected chi connectivity index (χ0v) is 20.5. The van der Waals surface area contributed by atoms with Gasteiger partial charge in [-0.2, -0.15) is 0 Å². The minimum Gasteiger partial charge on any atom is -0.481 e. The molecule has 1 N–H and O–H groups in total. The maximum absolute atomic E-state index is 12.4. The molecule has 1 heterocycles. The summed E-state index contributed by atoms with van der Waals surface area (Å²) in [4.78, 5) is 66.9. The van der Waals surface area contributed by atoms with Crippen LogP contribution in [0.15, 0.2) is 0 Å². The Bertz CT molecular complexity index is 666. The van der Waals surface area contributed by atoms with Crippen LogP contribution in [0.5, 0.6) is 0 Å². The van der Waals surface area contributed by atoms with Gasteiger partial charge >= 0.3 is 5.97 Å². The molecule has 1 aliphatic heterocycles. The average molecular weight is 469 g/mol. The number of hydrogen-bond acceptors (Lipinski definition) is 9. The largest absolute Gasteiger partial charge is 0.481 e. The quantitative estimate of drug-likeness (QED) is 0.437. The Morgan fingerprint density at radius 1 is 0.636 bits per heavy atom. The highest BCUT2D eigenvalue weighted by Crippen LogP contribution is 2.11. The highest BCUT2D eigenvalue weighted by atomic mass is 16.4. The molecule has 10 heteroatoms. The maximum Gasteiger partial charge on any atom is 0.303 e. The minimum absolute atomic E-state index is 0.0355. The van der Waals surface area contributed by atoms with Crippen molar-refractivity contribution in [3.8, 4) is 0 Å². The van der Waals surface area contributed by atoms with E-state index < -0.39 is 12.0 Å². The Hall–Kier alpha value is -2.01. The van der Waals surface area contributed by atoms with Crippen LogP contribution in [0.2, 0.25) is 0 Å². The van der Waals surface area contributed by atoms with E-state index in [1.807, 2.05) is 19.6 Å². The van der Waals surface area contributed by atoms with E-state index in [0.29, 0.717) is 58.9 Å². The van der Waals surface area contributed by atoms with E-state index in [9.17, 15) is 24.0 Å². The van der Waals surface area contributed by atoms with E-state index in [1.54, 1.807) is 6.92 Å². The van der Waals surface area contributed by atoms with Gasteiger partial charge in [-0.25, -0.2) is 0 Å². The number of carbonyl (C=O) groups is 5. The van der Waals surface area contributed by atoms with Crippen LogP contribution < -0.4 is 0 Å². The summed E-state index contributed by atoms with van der Waals surface area (Å²) in [6.45, 7) is 11.4. The molecule has 0 aliphatic carbocycles. The number of ketones is 4. The minimum atomic E-state index is -0.947. The van der Waals surface area contributed by atoms with Crippen molar-refractivity contribution >= 4 is 29.1 Å². The zero-order chi connectivity index (χ0) is 25.0. The Morgan fingerprint density at radius 2 is 0.970 bits per heavy atom. The number of Topliss-reactive ketones (excluding diaryl/α,β-unsaturated/α-hetero) is 4. The lowest BCUT2D eigenvalue weighted by molar-refractivity contribution is -0.137.